The number of carbonyl (C=O) groups excluding carboxylic acids is 2. The lowest BCUT2D eigenvalue weighted by Gasteiger charge is -2.43. The van der Waals surface area contributed by atoms with Crippen molar-refractivity contribution in [1.29, 1.82) is 0 Å². The molecule has 3 heterocycles. The molecule has 1 fully saturated rings. The van der Waals surface area contributed by atoms with Gasteiger partial charge < -0.3 is 19.1 Å². The number of rotatable bonds is 2. The average molecular weight is 454 g/mol. The van der Waals surface area contributed by atoms with Gasteiger partial charge in [-0.1, -0.05) is 17.7 Å². The van der Waals surface area contributed by atoms with Crippen molar-refractivity contribution in [3.63, 3.8) is 0 Å². The number of Topliss-reactive ketones (excluding diaryl/α,β-unsaturated/α-hetero) is 1. The van der Waals surface area contributed by atoms with Gasteiger partial charge in [0.25, 0.3) is 0 Å². The molecular weight excluding hydrogens is 430 g/mol. The first kappa shape index (κ1) is 20.9. The summed E-state index contributed by atoms with van der Waals surface area (Å²) >= 11 is 6.18. The van der Waals surface area contributed by atoms with Crippen molar-refractivity contribution in [1.82, 2.24) is 4.90 Å². The van der Waals surface area contributed by atoms with Gasteiger partial charge in [-0.3, -0.25) is 9.59 Å². The summed E-state index contributed by atoms with van der Waals surface area (Å²) in [5.74, 6) is 2.01. The van der Waals surface area contributed by atoms with Crippen LogP contribution in [0.2, 0.25) is 5.02 Å². The molecule has 5 rings (SSSR count). The quantitative estimate of drug-likeness (QED) is 0.628. The minimum Gasteiger partial charge on any atom is -0.486 e. The molecule has 166 valence electrons. The van der Waals surface area contributed by atoms with Gasteiger partial charge in [0, 0.05) is 37.0 Å². The number of carbonyl (C=O) groups is 2. The molecule has 2 aromatic carbocycles. The van der Waals surface area contributed by atoms with E-state index in [4.69, 9.17) is 25.8 Å². The smallest absolute Gasteiger partial charge is 0.246 e. The summed E-state index contributed by atoms with van der Waals surface area (Å²) in [4.78, 5) is 27.3. The number of ether oxygens (including phenoxy) is 3. The third-order valence-corrected chi connectivity index (χ3v) is 6.75. The molecule has 0 atom stereocenters. The number of hydrogen-bond donors (Lipinski definition) is 0. The lowest BCUT2D eigenvalue weighted by molar-refractivity contribution is -0.129. The van der Waals surface area contributed by atoms with E-state index in [0.29, 0.717) is 67.7 Å². The van der Waals surface area contributed by atoms with Crippen molar-refractivity contribution in [2.24, 2.45) is 0 Å². The van der Waals surface area contributed by atoms with Gasteiger partial charge >= 0.3 is 0 Å². The molecule has 0 aromatic heterocycles. The van der Waals surface area contributed by atoms with Crippen LogP contribution in [0.1, 0.15) is 40.7 Å². The van der Waals surface area contributed by atoms with E-state index in [0.717, 1.165) is 16.9 Å². The van der Waals surface area contributed by atoms with Gasteiger partial charge in [-0.05, 0) is 48.4 Å². The highest BCUT2D eigenvalue weighted by Crippen LogP contribution is 2.41. The zero-order chi connectivity index (χ0) is 22.3. The van der Waals surface area contributed by atoms with E-state index >= 15 is 0 Å². The van der Waals surface area contributed by atoms with Gasteiger partial charge in [0.2, 0.25) is 5.91 Å². The monoisotopic (exact) mass is 453 g/mol. The first-order valence-electron chi connectivity index (χ1n) is 10.8. The Kier molecular flexibility index (Phi) is 5.33. The van der Waals surface area contributed by atoms with Crippen LogP contribution < -0.4 is 14.2 Å². The Hall–Kier alpha value is -2.99. The van der Waals surface area contributed by atoms with Crippen LogP contribution in [0.3, 0.4) is 0 Å². The van der Waals surface area contributed by atoms with Gasteiger partial charge in [0.1, 0.15) is 24.6 Å². The predicted octanol–water partition coefficient (Wildman–Crippen LogP) is 4.46. The van der Waals surface area contributed by atoms with Crippen LogP contribution in [0.25, 0.3) is 6.08 Å². The summed E-state index contributed by atoms with van der Waals surface area (Å²) in [5, 5.41) is 0.571. The number of aryl methyl sites for hydroxylation is 1. The molecule has 2 aromatic rings. The molecule has 6 nitrogen and oxygen atoms in total. The summed E-state index contributed by atoms with van der Waals surface area (Å²) in [6.07, 6.45) is 4.91. The molecule has 3 aliphatic heterocycles. The molecule has 3 aliphatic rings. The molecule has 1 amide bonds. The van der Waals surface area contributed by atoms with E-state index in [9.17, 15) is 9.59 Å². The number of hydrogen-bond acceptors (Lipinski definition) is 5. The van der Waals surface area contributed by atoms with Gasteiger partial charge in [-0.25, -0.2) is 0 Å². The molecule has 7 heteroatoms. The second kappa shape index (κ2) is 8.17. The summed E-state index contributed by atoms with van der Waals surface area (Å²) in [5.41, 5.74) is 1.75. The fraction of sp³-hybridized carbons (Fsp3) is 0.360. The van der Waals surface area contributed by atoms with Crippen LogP contribution in [-0.2, 0) is 4.79 Å². The number of fused-ring (bicyclic) bond motifs is 2. The SMILES string of the molecule is Cc1cc2c(cc1Cl)C(=O)CC1(CCN(C(=O)/C=C\c3ccc4c(c3)OCCO4)CC1)O2. The van der Waals surface area contributed by atoms with E-state index in [1.165, 1.54) is 0 Å². The van der Waals surface area contributed by atoms with Crippen molar-refractivity contribution >= 4 is 29.4 Å². The number of likely N-dealkylation sites (tertiary alicyclic amines) is 1. The van der Waals surface area contributed by atoms with Crippen LogP contribution >= 0.6 is 11.6 Å². The van der Waals surface area contributed by atoms with Gasteiger partial charge in [0.05, 0.1) is 12.0 Å². The highest BCUT2D eigenvalue weighted by molar-refractivity contribution is 6.31. The van der Waals surface area contributed by atoms with E-state index in [1.54, 1.807) is 23.1 Å². The minimum atomic E-state index is -0.555. The largest absolute Gasteiger partial charge is 0.486 e. The van der Waals surface area contributed by atoms with Crippen molar-refractivity contribution in [3.8, 4) is 17.2 Å². The van der Waals surface area contributed by atoms with E-state index in [1.807, 2.05) is 31.2 Å². The third kappa shape index (κ3) is 3.95. The Morgan fingerprint density at radius 3 is 2.59 bits per heavy atom. The maximum atomic E-state index is 12.7. The Morgan fingerprint density at radius 2 is 1.81 bits per heavy atom. The lowest BCUT2D eigenvalue weighted by atomic mass is 9.82. The predicted molar refractivity (Wildman–Crippen MR) is 121 cm³/mol. The number of piperidine rings is 1. The van der Waals surface area contributed by atoms with Crippen molar-refractivity contribution in [2.45, 2.75) is 31.8 Å². The Morgan fingerprint density at radius 1 is 1.06 bits per heavy atom. The second-order valence-corrected chi connectivity index (χ2v) is 8.95. The van der Waals surface area contributed by atoms with Gasteiger partial charge in [0.15, 0.2) is 17.3 Å². The summed E-state index contributed by atoms with van der Waals surface area (Å²) in [7, 11) is 0. The van der Waals surface area contributed by atoms with E-state index in [-0.39, 0.29) is 11.7 Å². The topological polar surface area (TPSA) is 65.1 Å². The minimum absolute atomic E-state index is 0.0476. The Labute approximate surface area is 191 Å². The fourth-order valence-corrected chi connectivity index (χ4v) is 4.63. The average Bonchev–Trinajstić information content (AvgIpc) is 2.79. The maximum Gasteiger partial charge on any atom is 0.246 e. The van der Waals surface area contributed by atoms with Crippen molar-refractivity contribution in [3.05, 3.63) is 58.1 Å². The standard InChI is InChI=1S/C25H24ClNO5/c1-16-12-22-18(14-19(16)26)20(28)15-25(32-22)6-8-27(9-7-25)24(29)5-3-17-2-4-21-23(13-17)31-11-10-30-21/h2-5,12-14H,6-11,15H2,1H3/b5-3-. The Bertz CT molecular complexity index is 1120. The molecule has 1 saturated heterocycles. The molecule has 0 saturated carbocycles. The number of halogens is 1. The zero-order valence-corrected chi connectivity index (χ0v) is 18.6. The van der Waals surface area contributed by atoms with Crippen LogP contribution in [0.15, 0.2) is 36.4 Å². The third-order valence-electron chi connectivity index (χ3n) is 6.34. The van der Waals surface area contributed by atoms with Crippen LogP contribution in [0.5, 0.6) is 17.2 Å². The normalized spacial score (nSPS) is 19.1. The van der Waals surface area contributed by atoms with Gasteiger partial charge in [-0.2, -0.15) is 0 Å². The molecule has 0 radical (unpaired) electrons. The van der Waals surface area contributed by atoms with Crippen LogP contribution in [0.4, 0.5) is 0 Å². The number of benzene rings is 2. The van der Waals surface area contributed by atoms with E-state index < -0.39 is 5.60 Å². The maximum absolute atomic E-state index is 12.7. The molecule has 0 unspecified atom stereocenters. The number of ketones is 1. The number of nitrogens with zero attached hydrogens (tertiary/aromatic N) is 1. The lowest BCUT2D eigenvalue weighted by Crippen LogP contribution is -2.52. The van der Waals surface area contributed by atoms with Crippen LogP contribution in [0, 0.1) is 6.92 Å². The Balaban J connectivity index is 1.23. The van der Waals surface area contributed by atoms with Gasteiger partial charge in [-0.15, -0.1) is 0 Å². The highest BCUT2D eigenvalue weighted by Gasteiger charge is 2.43. The molecule has 0 N–H and O–H groups in total. The summed E-state index contributed by atoms with van der Waals surface area (Å²) in [6.45, 7) is 4.05. The second-order valence-electron chi connectivity index (χ2n) is 8.54. The summed E-state index contributed by atoms with van der Waals surface area (Å²) in [6, 6.07) is 9.16. The first-order valence-corrected chi connectivity index (χ1v) is 11.2. The number of amides is 1. The molecule has 0 bridgehead atoms. The van der Waals surface area contributed by atoms with Crippen LogP contribution in [-0.4, -0.2) is 48.5 Å². The summed E-state index contributed by atoms with van der Waals surface area (Å²) < 4.78 is 17.4. The molecule has 32 heavy (non-hydrogen) atoms. The fourth-order valence-electron chi connectivity index (χ4n) is 4.46. The molecule has 1 spiro atoms. The van der Waals surface area contributed by atoms with Crippen molar-refractivity contribution in [2.75, 3.05) is 26.3 Å². The molecule has 0 aliphatic carbocycles. The van der Waals surface area contributed by atoms with E-state index in [2.05, 4.69) is 0 Å². The zero-order valence-electron chi connectivity index (χ0n) is 17.9. The molecular formula is C25H24ClNO5. The van der Waals surface area contributed by atoms with Crippen molar-refractivity contribution < 1.29 is 23.8 Å². The highest BCUT2D eigenvalue weighted by atomic mass is 35.5. The first-order chi connectivity index (χ1) is 15.4.